The summed E-state index contributed by atoms with van der Waals surface area (Å²) in [5, 5.41) is 17.3. The largest absolute Gasteiger partial charge is 0.480 e. The molecule has 1 heterocycles. The molecule has 0 aliphatic rings. The molecule has 0 aliphatic heterocycles. The van der Waals surface area contributed by atoms with Gasteiger partial charge in [0.25, 0.3) is 0 Å². The molecule has 7 nitrogen and oxygen atoms in total. The summed E-state index contributed by atoms with van der Waals surface area (Å²) in [5.74, 6) is -2.04. The predicted molar refractivity (Wildman–Crippen MR) is 58.6 cm³/mol. The van der Waals surface area contributed by atoms with E-state index < -0.39 is 11.9 Å². The summed E-state index contributed by atoms with van der Waals surface area (Å²) in [6.07, 6.45) is 5.81. The summed E-state index contributed by atoms with van der Waals surface area (Å²) in [6, 6.07) is 0. The summed E-state index contributed by atoms with van der Waals surface area (Å²) >= 11 is 0. The molecule has 0 fully saturated rings. The van der Waals surface area contributed by atoms with Crippen molar-refractivity contribution in [2.75, 3.05) is 19.6 Å². The number of aryl methyl sites for hydroxylation is 1. The van der Waals surface area contributed by atoms with E-state index in [1.165, 1.54) is 4.90 Å². The third kappa shape index (κ3) is 5.67. The highest BCUT2D eigenvalue weighted by atomic mass is 16.4. The maximum Gasteiger partial charge on any atom is 0.317 e. The summed E-state index contributed by atoms with van der Waals surface area (Å²) in [5.41, 5.74) is 0. The van der Waals surface area contributed by atoms with Crippen molar-refractivity contribution in [2.45, 2.75) is 13.0 Å². The van der Waals surface area contributed by atoms with E-state index in [-0.39, 0.29) is 13.1 Å². The monoisotopic (exact) mass is 241 g/mol. The van der Waals surface area contributed by atoms with Gasteiger partial charge >= 0.3 is 11.9 Å². The predicted octanol–water partition coefficient (Wildman–Crippen LogP) is -0.256. The average Bonchev–Trinajstić information content (AvgIpc) is 2.68. The van der Waals surface area contributed by atoms with Gasteiger partial charge in [0, 0.05) is 25.5 Å². The molecule has 0 radical (unpaired) electrons. The van der Waals surface area contributed by atoms with Crippen LogP contribution in [-0.2, 0) is 16.1 Å². The number of aliphatic carboxylic acids is 2. The van der Waals surface area contributed by atoms with E-state index in [1.807, 2.05) is 4.57 Å². The molecule has 0 bridgehead atoms. The summed E-state index contributed by atoms with van der Waals surface area (Å²) in [7, 11) is 0. The molecule has 94 valence electrons. The van der Waals surface area contributed by atoms with Crippen LogP contribution >= 0.6 is 0 Å². The van der Waals surface area contributed by atoms with Crippen LogP contribution in [0.25, 0.3) is 0 Å². The van der Waals surface area contributed by atoms with Crippen molar-refractivity contribution in [1.29, 1.82) is 0 Å². The Morgan fingerprint density at radius 1 is 1.24 bits per heavy atom. The number of rotatable bonds is 8. The molecule has 1 aromatic rings. The highest BCUT2D eigenvalue weighted by molar-refractivity contribution is 5.72. The van der Waals surface area contributed by atoms with Crippen LogP contribution in [0.15, 0.2) is 18.7 Å². The maximum atomic E-state index is 10.5. The van der Waals surface area contributed by atoms with Crippen LogP contribution in [0.4, 0.5) is 0 Å². The van der Waals surface area contributed by atoms with Crippen LogP contribution in [0, 0.1) is 0 Å². The van der Waals surface area contributed by atoms with Crippen LogP contribution in [0.5, 0.6) is 0 Å². The van der Waals surface area contributed by atoms with Crippen molar-refractivity contribution < 1.29 is 19.8 Å². The Hall–Kier alpha value is -1.89. The smallest absolute Gasteiger partial charge is 0.317 e. The summed E-state index contributed by atoms with van der Waals surface area (Å²) < 4.78 is 1.86. The Bertz CT molecular complexity index is 348. The number of aromatic nitrogens is 2. The fourth-order valence-electron chi connectivity index (χ4n) is 1.49. The third-order valence-corrected chi connectivity index (χ3v) is 2.17. The summed E-state index contributed by atoms with van der Waals surface area (Å²) in [4.78, 5) is 26.3. The SMILES string of the molecule is O=C(O)CN(CCCn1ccnc1)CC(=O)O. The molecule has 0 aromatic carbocycles. The van der Waals surface area contributed by atoms with Crippen LogP contribution in [0.2, 0.25) is 0 Å². The maximum absolute atomic E-state index is 10.5. The summed E-state index contributed by atoms with van der Waals surface area (Å²) in [6.45, 7) is 0.610. The van der Waals surface area contributed by atoms with Crippen molar-refractivity contribution in [3.05, 3.63) is 18.7 Å². The molecule has 0 spiro atoms. The molecule has 0 amide bonds. The molecule has 0 unspecified atom stereocenters. The minimum atomic E-state index is -1.02. The first-order chi connectivity index (χ1) is 8.08. The Morgan fingerprint density at radius 3 is 2.35 bits per heavy atom. The molecule has 1 rings (SSSR count). The molecular weight excluding hydrogens is 226 g/mol. The van der Waals surface area contributed by atoms with Gasteiger partial charge < -0.3 is 14.8 Å². The molecule has 0 atom stereocenters. The van der Waals surface area contributed by atoms with Crippen LogP contribution in [0.3, 0.4) is 0 Å². The van der Waals surface area contributed by atoms with Gasteiger partial charge in [0.1, 0.15) is 0 Å². The van der Waals surface area contributed by atoms with E-state index >= 15 is 0 Å². The van der Waals surface area contributed by atoms with Crippen molar-refractivity contribution >= 4 is 11.9 Å². The van der Waals surface area contributed by atoms with Crippen LogP contribution in [-0.4, -0.2) is 56.2 Å². The lowest BCUT2D eigenvalue weighted by Crippen LogP contribution is -2.35. The Kier molecular flexibility index (Phi) is 5.15. The standard InChI is InChI=1S/C10H15N3O4/c14-9(15)6-13(7-10(16)17)4-1-3-12-5-2-11-8-12/h2,5,8H,1,3-4,6-7H2,(H,14,15)(H,16,17). The van der Waals surface area contributed by atoms with Gasteiger partial charge in [-0.05, 0) is 6.42 Å². The fraction of sp³-hybridized carbons (Fsp3) is 0.500. The van der Waals surface area contributed by atoms with Gasteiger partial charge in [0.05, 0.1) is 19.4 Å². The first kappa shape index (κ1) is 13.2. The lowest BCUT2D eigenvalue weighted by molar-refractivity contribution is -0.141. The molecule has 1 aromatic heterocycles. The number of hydrogen-bond donors (Lipinski definition) is 2. The second kappa shape index (κ2) is 6.64. The first-order valence-electron chi connectivity index (χ1n) is 5.19. The highest BCUT2D eigenvalue weighted by Gasteiger charge is 2.12. The van der Waals surface area contributed by atoms with E-state index in [2.05, 4.69) is 4.98 Å². The lowest BCUT2D eigenvalue weighted by Gasteiger charge is -2.17. The van der Waals surface area contributed by atoms with E-state index in [0.717, 1.165) is 0 Å². The van der Waals surface area contributed by atoms with Gasteiger partial charge in [0.15, 0.2) is 0 Å². The molecule has 0 aliphatic carbocycles. The van der Waals surface area contributed by atoms with Crippen molar-refractivity contribution in [3.8, 4) is 0 Å². The van der Waals surface area contributed by atoms with Crippen molar-refractivity contribution in [1.82, 2.24) is 14.5 Å². The number of imidazole rings is 1. The number of nitrogens with zero attached hydrogens (tertiary/aromatic N) is 3. The van der Waals surface area contributed by atoms with Gasteiger partial charge in [-0.1, -0.05) is 0 Å². The first-order valence-corrected chi connectivity index (χ1v) is 5.19. The number of carboxylic acid groups (broad SMARTS) is 2. The number of carboxylic acids is 2. The zero-order valence-electron chi connectivity index (χ0n) is 9.32. The quantitative estimate of drug-likeness (QED) is 0.651. The van der Waals surface area contributed by atoms with Crippen LogP contribution < -0.4 is 0 Å². The Balaban J connectivity index is 2.32. The van der Waals surface area contributed by atoms with Crippen LogP contribution in [0.1, 0.15) is 6.42 Å². The highest BCUT2D eigenvalue weighted by Crippen LogP contribution is 1.96. The van der Waals surface area contributed by atoms with Gasteiger partial charge in [-0.3, -0.25) is 14.5 Å². The molecular formula is C10H15N3O4. The van der Waals surface area contributed by atoms with Gasteiger partial charge in [0.2, 0.25) is 0 Å². The van der Waals surface area contributed by atoms with E-state index in [4.69, 9.17) is 10.2 Å². The van der Waals surface area contributed by atoms with Gasteiger partial charge in [-0.2, -0.15) is 0 Å². The second-order valence-electron chi connectivity index (χ2n) is 3.65. The second-order valence-corrected chi connectivity index (χ2v) is 3.65. The van der Waals surface area contributed by atoms with Gasteiger partial charge in [-0.15, -0.1) is 0 Å². The minimum absolute atomic E-state index is 0.254. The fourth-order valence-corrected chi connectivity index (χ4v) is 1.49. The van der Waals surface area contributed by atoms with E-state index in [0.29, 0.717) is 19.5 Å². The zero-order valence-corrected chi connectivity index (χ0v) is 9.32. The minimum Gasteiger partial charge on any atom is -0.480 e. The molecule has 17 heavy (non-hydrogen) atoms. The Labute approximate surface area is 98.3 Å². The normalized spacial score (nSPS) is 10.6. The topological polar surface area (TPSA) is 95.7 Å². The average molecular weight is 241 g/mol. The van der Waals surface area contributed by atoms with E-state index in [9.17, 15) is 9.59 Å². The Morgan fingerprint density at radius 2 is 1.88 bits per heavy atom. The number of carbonyl (C=O) groups is 2. The molecule has 0 saturated carbocycles. The van der Waals surface area contributed by atoms with Gasteiger partial charge in [-0.25, -0.2) is 4.98 Å². The van der Waals surface area contributed by atoms with E-state index in [1.54, 1.807) is 18.7 Å². The molecule has 7 heteroatoms. The molecule has 2 N–H and O–H groups in total. The third-order valence-electron chi connectivity index (χ3n) is 2.17. The number of hydrogen-bond acceptors (Lipinski definition) is 4. The zero-order chi connectivity index (χ0) is 12.7. The lowest BCUT2D eigenvalue weighted by atomic mass is 10.3. The van der Waals surface area contributed by atoms with Crippen molar-refractivity contribution in [3.63, 3.8) is 0 Å². The van der Waals surface area contributed by atoms with Crippen molar-refractivity contribution in [2.24, 2.45) is 0 Å². The molecule has 0 saturated heterocycles.